The number of hydrogen-bond acceptors (Lipinski definition) is 9. The summed E-state index contributed by atoms with van der Waals surface area (Å²) in [5.74, 6) is 0.675. The number of rotatable bonds is 14. The van der Waals surface area contributed by atoms with Crippen LogP contribution in [0.1, 0.15) is 89.8 Å². The minimum Gasteiger partial charge on any atom is -0.481 e. The highest BCUT2D eigenvalue weighted by atomic mass is 19.1. The highest BCUT2D eigenvalue weighted by Crippen LogP contribution is 2.37. The van der Waals surface area contributed by atoms with Crippen LogP contribution in [0.4, 0.5) is 21.8 Å². The van der Waals surface area contributed by atoms with Crippen molar-refractivity contribution in [1.82, 2.24) is 14.9 Å². The highest BCUT2D eigenvalue weighted by molar-refractivity contribution is 5.81. The number of aliphatic carboxylic acids is 1. The van der Waals surface area contributed by atoms with Crippen LogP contribution in [0, 0.1) is 17.7 Å². The number of anilines is 3. The Morgan fingerprint density at radius 3 is 2.35 bits per heavy atom. The minimum absolute atomic E-state index is 0.151. The molecule has 3 heterocycles. The molecule has 1 aromatic heterocycles. The van der Waals surface area contributed by atoms with E-state index in [1.165, 1.54) is 25.0 Å². The standard InChI is InChI=1S/C38H57FN8O2/c1-6-29-17-18-30(7-2)47(29)24-34(27(21-40)22-41-4)42-36-32-23-46(31-15-13-28(39)14-16-31)20-19-33(32)43-38(44-36)45(5)35(8-3)25-9-11-26(12-10-25)37(48)49/h13-16,21-22,25-26,29-30,34-35H,6-12,17-20,23-24,40H2,1-5H3,(H,48,49)(H,42,43,44)/b27-21+,41-22?/t25?,26?,29?,30?,34-,35+/m0/s1. The molecule has 4 atom stereocenters. The van der Waals surface area contributed by atoms with Gasteiger partial charge < -0.3 is 26.0 Å². The van der Waals surface area contributed by atoms with Gasteiger partial charge in [0.05, 0.1) is 17.7 Å². The van der Waals surface area contributed by atoms with E-state index in [9.17, 15) is 14.3 Å². The van der Waals surface area contributed by atoms with Gasteiger partial charge in [0.25, 0.3) is 0 Å². The molecular formula is C38H57FN8O2. The van der Waals surface area contributed by atoms with Crippen molar-refractivity contribution in [2.45, 2.75) is 116 Å². The SMILES string of the molecule is CCC1CCC(CC)N1C[C@H](Nc1nc(N(C)[C@H](CC)C2CCC(C(=O)O)CC2)nc2c1CN(c1ccc(F)cc1)CC2)/C(C=NC)=C/N. The quantitative estimate of drug-likeness (QED) is 0.199. The summed E-state index contributed by atoms with van der Waals surface area (Å²) in [5, 5.41) is 13.5. The van der Waals surface area contributed by atoms with Crippen LogP contribution < -0.4 is 20.9 Å². The normalized spacial score (nSPS) is 24.5. The maximum Gasteiger partial charge on any atom is 0.306 e. The number of nitrogens with two attached hydrogens (primary N) is 1. The molecule has 10 nitrogen and oxygen atoms in total. The Morgan fingerprint density at radius 2 is 1.78 bits per heavy atom. The van der Waals surface area contributed by atoms with Crippen molar-refractivity contribution in [3.8, 4) is 0 Å². The fraction of sp³-hybridized carbons (Fsp3) is 0.632. The van der Waals surface area contributed by atoms with Crippen molar-refractivity contribution in [3.05, 3.63) is 53.1 Å². The largest absolute Gasteiger partial charge is 0.481 e. The molecule has 11 heteroatoms. The van der Waals surface area contributed by atoms with Crippen molar-refractivity contribution in [2.24, 2.45) is 22.6 Å². The van der Waals surface area contributed by atoms with Gasteiger partial charge in [-0.05, 0) is 88.0 Å². The minimum atomic E-state index is -0.679. The number of benzene rings is 1. The maximum absolute atomic E-state index is 13.8. The third-order valence-corrected chi connectivity index (χ3v) is 11.4. The second kappa shape index (κ2) is 16.8. The lowest BCUT2D eigenvalue weighted by Gasteiger charge is -2.39. The molecule has 5 rings (SSSR count). The summed E-state index contributed by atoms with van der Waals surface area (Å²) < 4.78 is 13.8. The topological polar surface area (TPSA) is 123 Å². The number of carbonyl (C=O) groups is 1. The van der Waals surface area contributed by atoms with Crippen LogP contribution in [-0.2, 0) is 17.8 Å². The summed E-state index contributed by atoms with van der Waals surface area (Å²) >= 11 is 0. The Labute approximate surface area is 292 Å². The molecule has 2 aromatic rings. The van der Waals surface area contributed by atoms with Gasteiger partial charge in [-0.1, -0.05) is 20.8 Å². The number of nitrogens with zero attached hydrogens (tertiary/aromatic N) is 6. The molecule has 49 heavy (non-hydrogen) atoms. The molecule has 2 aliphatic heterocycles. The van der Waals surface area contributed by atoms with Gasteiger partial charge in [-0.25, -0.2) is 9.37 Å². The molecule has 268 valence electrons. The number of likely N-dealkylation sites (tertiary alicyclic amines) is 1. The van der Waals surface area contributed by atoms with Crippen LogP contribution in [0.3, 0.4) is 0 Å². The molecule has 1 aliphatic carbocycles. The summed E-state index contributed by atoms with van der Waals surface area (Å²) in [6.07, 6.45) is 13.0. The molecule has 1 aromatic carbocycles. The Balaban J connectivity index is 1.52. The predicted molar refractivity (Wildman–Crippen MR) is 197 cm³/mol. The average molecular weight is 677 g/mol. The van der Waals surface area contributed by atoms with E-state index in [1.54, 1.807) is 13.2 Å². The third kappa shape index (κ3) is 8.36. The number of fused-ring (bicyclic) bond motifs is 1. The first-order chi connectivity index (χ1) is 23.7. The first-order valence-electron chi connectivity index (χ1n) is 18.4. The van der Waals surface area contributed by atoms with Gasteiger partial charge in [0, 0.05) is 87.5 Å². The second-order valence-electron chi connectivity index (χ2n) is 14.1. The van der Waals surface area contributed by atoms with Gasteiger partial charge in [0.1, 0.15) is 11.6 Å². The van der Waals surface area contributed by atoms with E-state index in [4.69, 9.17) is 15.7 Å². The average Bonchev–Trinajstić information content (AvgIpc) is 3.52. The lowest BCUT2D eigenvalue weighted by Crippen LogP contribution is -2.45. The van der Waals surface area contributed by atoms with Crippen LogP contribution in [0.25, 0.3) is 0 Å². The lowest BCUT2D eigenvalue weighted by molar-refractivity contribution is -0.143. The number of nitrogens with one attached hydrogen (secondary N) is 1. The van der Waals surface area contributed by atoms with Crippen molar-refractivity contribution >= 4 is 29.6 Å². The van der Waals surface area contributed by atoms with Gasteiger partial charge in [0.15, 0.2) is 0 Å². The van der Waals surface area contributed by atoms with E-state index < -0.39 is 5.97 Å². The van der Waals surface area contributed by atoms with E-state index >= 15 is 0 Å². The van der Waals surface area contributed by atoms with E-state index in [0.29, 0.717) is 43.3 Å². The fourth-order valence-corrected chi connectivity index (χ4v) is 8.57. The van der Waals surface area contributed by atoms with Crippen LogP contribution in [0.5, 0.6) is 0 Å². The van der Waals surface area contributed by atoms with Gasteiger partial charge in [-0.3, -0.25) is 14.7 Å². The van der Waals surface area contributed by atoms with E-state index in [2.05, 4.69) is 52.8 Å². The van der Waals surface area contributed by atoms with Crippen LogP contribution in [0.2, 0.25) is 0 Å². The maximum atomic E-state index is 13.8. The smallest absolute Gasteiger partial charge is 0.306 e. The van der Waals surface area contributed by atoms with Crippen LogP contribution >= 0.6 is 0 Å². The van der Waals surface area contributed by atoms with Crippen molar-refractivity contribution < 1.29 is 14.3 Å². The Kier molecular flexibility index (Phi) is 12.5. The van der Waals surface area contributed by atoms with E-state index in [1.807, 2.05) is 18.3 Å². The number of aliphatic imine (C=N–C) groups is 1. The zero-order valence-corrected chi connectivity index (χ0v) is 30.1. The molecule has 0 radical (unpaired) electrons. The molecule has 0 bridgehead atoms. The predicted octanol–water partition coefficient (Wildman–Crippen LogP) is 6.26. The Hall–Kier alpha value is -3.73. The van der Waals surface area contributed by atoms with E-state index in [0.717, 1.165) is 80.0 Å². The van der Waals surface area contributed by atoms with Gasteiger partial charge >= 0.3 is 5.97 Å². The van der Waals surface area contributed by atoms with Crippen LogP contribution in [-0.4, -0.2) is 83.5 Å². The highest BCUT2D eigenvalue weighted by Gasteiger charge is 2.36. The summed E-state index contributed by atoms with van der Waals surface area (Å²) in [7, 11) is 3.86. The number of hydrogen-bond donors (Lipinski definition) is 3. The first-order valence-corrected chi connectivity index (χ1v) is 18.4. The van der Waals surface area contributed by atoms with Gasteiger partial charge in [-0.15, -0.1) is 0 Å². The van der Waals surface area contributed by atoms with Crippen molar-refractivity contribution in [2.75, 3.05) is 42.3 Å². The molecule has 2 unspecified atom stereocenters. The number of carboxylic acid groups (broad SMARTS) is 1. The fourth-order valence-electron chi connectivity index (χ4n) is 8.57. The van der Waals surface area contributed by atoms with Crippen LogP contribution in [0.15, 0.2) is 41.0 Å². The molecule has 1 saturated heterocycles. The molecule has 2 fully saturated rings. The van der Waals surface area contributed by atoms with Crippen molar-refractivity contribution in [1.29, 1.82) is 0 Å². The summed E-state index contributed by atoms with van der Waals surface area (Å²) in [5.41, 5.74) is 10.2. The number of halogens is 1. The molecule has 3 aliphatic rings. The summed E-state index contributed by atoms with van der Waals surface area (Å²) in [6.45, 7) is 8.89. The zero-order valence-electron chi connectivity index (χ0n) is 30.1. The molecule has 0 spiro atoms. The Bertz CT molecular complexity index is 1450. The molecular weight excluding hydrogens is 619 g/mol. The van der Waals surface area contributed by atoms with E-state index in [-0.39, 0.29) is 23.8 Å². The second-order valence-corrected chi connectivity index (χ2v) is 14.1. The first kappa shape index (κ1) is 36.5. The van der Waals surface area contributed by atoms with Gasteiger partial charge in [0.2, 0.25) is 5.95 Å². The lowest BCUT2D eigenvalue weighted by atomic mass is 9.77. The molecule has 4 N–H and O–H groups in total. The summed E-state index contributed by atoms with van der Waals surface area (Å²) in [6, 6.07) is 7.77. The number of carboxylic acids is 1. The van der Waals surface area contributed by atoms with Crippen molar-refractivity contribution in [3.63, 3.8) is 0 Å². The Morgan fingerprint density at radius 1 is 1.10 bits per heavy atom. The monoisotopic (exact) mass is 676 g/mol. The number of aromatic nitrogens is 2. The molecule has 0 amide bonds. The summed E-state index contributed by atoms with van der Waals surface area (Å²) in [4.78, 5) is 33.7. The van der Waals surface area contributed by atoms with Gasteiger partial charge in [-0.2, -0.15) is 4.98 Å². The molecule has 1 saturated carbocycles. The third-order valence-electron chi connectivity index (χ3n) is 11.4. The zero-order chi connectivity index (χ0) is 35.1.